The first-order valence-electron chi connectivity index (χ1n) is 6.27. The summed E-state index contributed by atoms with van der Waals surface area (Å²) in [4.78, 5) is 34.1. The predicted molar refractivity (Wildman–Crippen MR) is 73.5 cm³/mol. The van der Waals surface area contributed by atoms with Gasteiger partial charge in [-0.05, 0) is 5.92 Å². The van der Waals surface area contributed by atoms with Crippen LogP contribution in [0.2, 0.25) is 0 Å². The molecule has 0 radical (unpaired) electrons. The number of aromatic amines is 1. The lowest BCUT2D eigenvalue weighted by molar-refractivity contribution is -0.141. The molecule has 8 nitrogen and oxygen atoms in total. The van der Waals surface area contributed by atoms with Crippen molar-refractivity contribution in [3.63, 3.8) is 0 Å². The molecule has 0 saturated heterocycles. The van der Waals surface area contributed by atoms with Crippen LogP contribution in [0.25, 0.3) is 11.2 Å². The maximum Gasteiger partial charge on any atom is 0.325 e. The quantitative estimate of drug-likeness (QED) is 0.766. The van der Waals surface area contributed by atoms with E-state index in [4.69, 9.17) is 0 Å². The Kier molecular flexibility index (Phi) is 4.02. The van der Waals surface area contributed by atoms with E-state index in [0.29, 0.717) is 24.1 Å². The molecule has 0 saturated carbocycles. The van der Waals surface area contributed by atoms with Crippen LogP contribution in [0.15, 0.2) is 11.1 Å². The van der Waals surface area contributed by atoms with Crippen LogP contribution in [-0.4, -0.2) is 39.1 Å². The van der Waals surface area contributed by atoms with Crippen LogP contribution in [0.5, 0.6) is 0 Å². The number of nitrogens with zero attached hydrogens (tertiary/aromatic N) is 3. The number of rotatable bonds is 5. The highest BCUT2D eigenvalue weighted by atomic mass is 16.5. The van der Waals surface area contributed by atoms with Gasteiger partial charge in [-0.3, -0.25) is 14.6 Å². The van der Waals surface area contributed by atoms with Crippen LogP contribution < -0.4 is 10.9 Å². The summed E-state index contributed by atoms with van der Waals surface area (Å²) in [5.74, 6) is 0.349. The van der Waals surface area contributed by atoms with Gasteiger partial charge in [-0.25, -0.2) is 4.98 Å². The predicted octanol–water partition coefficient (Wildman–Crippen LogP) is 0.360. The Morgan fingerprint density at radius 2 is 2.30 bits per heavy atom. The SMILES string of the molecule is COC(=O)Cn1cnc2c(=O)[nH]c(NCC(C)C)nc21. The molecule has 0 amide bonds. The van der Waals surface area contributed by atoms with E-state index in [-0.39, 0.29) is 17.6 Å². The zero-order valence-electron chi connectivity index (χ0n) is 11.6. The number of carbonyl (C=O) groups excluding carboxylic acids is 1. The van der Waals surface area contributed by atoms with E-state index in [2.05, 4.69) is 25.0 Å². The minimum absolute atomic E-state index is 0.0346. The molecular formula is C12H17N5O3. The molecule has 0 aliphatic carbocycles. The summed E-state index contributed by atoms with van der Waals surface area (Å²) in [5, 5.41) is 3.04. The van der Waals surface area contributed by atoms with Crippen molar-refractivity contribution in [3.05, 3.63) is 16.7 Å². The lowest BCUT2D eigenvalue weighted by Gasteiger charge is -2.08. The third-order valence-electron chi connectivity index (χ3n) is 2.68. The van der Waals surface area contributed by atoms with Crippen molar-refractivity contribution in [2.75, 3.05) is 19.0 Å². The monoisotopic (exact) mass is 279 g/mol. The van der Waals surface area contributed by atoms with E-state index >= 15 is 0 Å². The van der Waals surface area contributed by atoms with E-state index in [1.165, 1.54) is 18.0 Å². The van der Waals surface area contributed by atoms with Gasteiger partial charge in [0, 0.05) is 6.54 Å². The van der Waals surface area contributed by atoms with E-state index in [0.717, 1.165) is 0 Å². The largest absolute Gasteiger partial charge is 0.468 e. The minimum Gasteiger partial charge on any atom is -0.468 e. The molecule has 0 spiro atoms. The third-order valence-corrected chi connectivity index (χ3v) is 2.68. The van der Waals surface area contributed by atoms with Gasteiger partial charge in [-0.2, -0.15) is 4.98 Å². The van der Waals surface area contributed by atoms with E-state index in [9.17, 15) is 9.59 Å². The lowest BCUT2D eigenvalue weighted by Crippen LogP contribution is -2.17. The maximum absolute atomic E-state index is 11.9. The normalized spacial score (nSPS) is 11.0. The van der Waals surface area contributed by atoms with Crippen molar-refractivity contribution < 1.29 is 9.53 Å². The van der Waals surface area contributed by atoms with Gasteiger partial charge in [-0.15, -0.1) is 0 Å². The summed E-state index contributed by atoms with van der Waals surface area (Å²) in [5.41, 5.74) is 0.208. The van der Waals surface area contributed by atoms with Gasteiger partial charge >= 0.3 is 5.97 Å². The number of aromatic nitrogens is 4. The van der Waals surface area contributed by atoms with Crippen molar-refractivity contribution in [1.82, 2.24) is 19.5 Å². The zero-order valence-corrected chi connectivity index (χ0v) is 11.6. The molecule has 0 aromatic carbocycles. The Bertz CT molecular complexity index is 673. The fraction of sp³-hybridized carbons (Fsp3) is 0.500. The summed E-state index contributed by atoms with van der Waals surface area (Å²) in [6.07, 6.45) is 1.40. The number of H-pyrrole nitrogens is 1. The van der Waals surface area contributed by atoms with Crippen molar-refractivity contribution in [3.8, 4) is 0 Å². The molecule has 8 heteroatoms. The third kappa shape index (κ3) is 2.95. The fourth-order valence-electron chi connectivity index (χ4n) is 1.66. The highest BCUT2D eigenvalue weighted by molar-refractivity contribution is 5.75. The molecule has 2 rings (SSSR count). The first-order chi connectivity index (χ1) is 9.51. The van der Waals surface area contributed by atoms with Crippen molar-refractivity contribution in [1.29, 1.82) is 0 Å². The number of ether oxygens (including phenoxy) is 1. The molecular weight excluding hydrogens is 262 g/mol. The number of hydrogen-bond acceptors (Lipinski definition) is 6. The standard InChI is InChI=1S/C12H17N5O3/c1-7(2)4-13-12-15-10-9(11(19)16-12)14-6-17(10)5-8(18)20-3/h6-7H,4-5H2,1-3H3,(H2,13,15,16,19). The van der Waals surface area contributed by atoms with Crippen LogP contribution in [0.3, 0.4) is 0 Å². The fourth-order valence-corrected chi connectivity index (χ4v) is 1.66. The van der Waals surface area contributed by atoms with Gasteiger partial charge in [-0.1, -0.05) is 13.8 Å². The Hall–Kier alpha value is -2.38. The minimum atomic E-state index is -0.428. The summed E-state index contributed by atoms with van der Waals surface area (Å²) in [6, 6.07) is 0. The smallest absolute Gasteiger partial charge is 0.325 e. The Labute approximate surface area is 115 Å². The number of anilines is 1. The molecule has 0 aliphatic rings. The number of esters is 1. The lowest BCUT2D eigenvalue weighted by atomic mass is 10.2. The molecule has 0 aliphatic heterocycles. The van der Waals surface area contributed by atoms with Gasteiger partial charge < -0.3 is 14.6 Å². The first kappa shape index (κ1) is 14.0. The molecule has 2 heterocycles. The highest BCUT2D eigenvalue weighted by Crippen LogP contribution is 2.08. The van der Waals surface area contributed by atoms with Crippen molar-refractivity contribution in [2.45, 2.75) is 20.4 Å². The number of methoxy groups -OCH3 is 1. The molecule has 0 atom stereocenters. The van der Waals surface area contributed by atoms with Crippen LogP contribution in [0.1, 0.15) is 13.8 Å². The van der Waals surface area contributed by atoms with Gasteiger partial charge in [0.1, 0.15) is 6.54 Å². The second-order valence-corrected chi connectivity index (χ2v) is 4.81. The number of hydrogen-bond donors (Lipinski definition) is 2. The van der Waals surface area contributed by atoms with E-state index < -0.39 is 5.97 Å². The Morgan fingerprint density at radius 1 is 1.55 bits per heavy atom. The van der Waals surface area contributed by atoms with Crippen molar-refractivity contribution >= 4 is 23.1 Å². The molecule has 20 heavy (non-hydrogen) atoms. The van der Waals surface area contributed by atoms with Gasteiger partial charge in [0.25, 0.3) is 5.56 Å². The molecule has 2 aromatic rings. The van der Waals surface area contributed by atoms with Crippen LogP contribution >= 0.6 is 0 Å². The number of imidazole rings is 1. The molecule has 0 bridgehead atoms. The van der Waals surface area contributed by atoms with Gasteiger partial charge in [0.15, 0.2) is 11.2 Å². The second-order valence-electron chi connectivity index (χ2n) is 4.81. The first-order valence-corrected chi connectivity index (χ1v) is 6.27. The Balaban J connectivity index is 2.37. The summed E-state index contributed by atoms with van der Waals surface area (Å²) >= 11 is 0. The summed E-state index contributed by atoms with van der Waals surface area (Å²) < 4.78 is 6.08. The summed E-state index contributed by atoms with van der Waals surface area (Å²) in [7, 11) is 1.30. The van der Waals surface area contributed by atoms with Crippen LogP contribution in [0.4, 0.5) is 5.95 Å². The van der Waals surface area contributed by atoms with Crippen molar-refractivity contribution in [2.24, 2.45) is 5.92 Å². The number of nitrogens with one attached hydrogen (secondary N) is 2. The van der Waals surface area contributed by atoms with Gasteiger partial charge in [0.2, 0.25) is 5.95 Å². The molecule has 2 N–H and O–H groups in total. The topological polar surface area (TPSA) is 102 Å². The Morgan fingerprint density at radius 3 is 2.95 bits per heavy atom. The maximum atomic E-state index is 11.9. The average Bonchev–Trinajstić information content (AvgIpc) is 2.80. The van der Waals surface area contributed by atoms with Crippen LogP contribution in [0, 0.1) is 5.92 Å². The van der Waals surface area contributed by atoms with Crippen LogP contribution in [-0.2, 0) is 16.1 Å². The molecule has 0 unspecified atom stereocenters. The molecule has 0 fully saturated rings. The molecule has 108 valence electrons. The highest BCUT2D eigenvalue weighted by Gasteiger charge is 2.12. The number of carbonyl (C=O) groups is 1. The number of fused-ring (bicyclic) bond motifs is 1. The molecule has 2 aromatic heterocycles. The average molecular weight is 279 g/mol. The summed E-state index contributed by atoms with van der Waals surface area (Å²) in [6.45, 7) is 4.74. The van der Waals surface area contributed by atoms with E-state index in [1.54, 1.807) is 0 Å². The van der Waals surface area contributed by atoms with E-state index in [1.807, 2.05) is 13.8 Å². The van der Waals surface area contributed by atoms with Gasteiger partial charge in [0.05, 0.1) is 13.4 Å². The second kappa shape index (κ2) is 5.72. The zero-order chi connectivity index (χ0) is 14.7.